The zero-order valence-electron chi connectivity index (χ0n) is 15.5. The molecule has 2 aromatic carbocycles. The minimum absolute atomic E-state index is 0.208. The van der Waals surface area contributed by atoms with Crippen LogP contribution in [0.3, 0.4) is 0 Å². The first-order valence-corrected chi connectivity index (χ1v) is 10.6. The van der Waals surface area contributed by atoms with E-state index in [1.54, 1.807) is 11.8 Å². The predicted molar refractivity (Wildman–Crippen MR) is 112 cm³/mol. The van der Waals surface area contributed by atoms with Gasteiger partial charge in [-0.25, -0.2) is 0 Å². The third-order valence-corrected chi connectivity index (χ3v) is 5.66. The summed E-state index contributed by atoms with van der Waals surface area (Å²) < 4.78 is 16.4. The van der Waals surface area contributed by atoms with Crippen LogP contribution in [0.15, 0.2) is 59.1 Å². The molecule has 4 rings (SSSR count). The maximum atomic E-state index is 11.9. The van der Waals surface area contributed by atoms with Gasteiger partial charge in [0.25, 0.3) is 0 Å². The molecular weight excluding hydrogens is 412 g/mol. The fourth-order valence-corrected chi connectivity index (χ4v) is 3.97. The van der Waals surface area contributed by atoms with E-state index >= 15 is 0 Å². The van der Waals surface area contributed by atoms with Crippen LogP contribution in [-0.4, -0.2) is 28.8 Å². The van der Waals surface area contributed by atoms with Gasteiger partial charge in [0.15, 0.2) is 5.76 Å². The minimum Gasteiger partial charge on any atom is -0.486 e. The van der Waals surface area contributed by atoms with Crippen molar-refractivity contribution < 1.29 is 18.8 Å². The first-order valence-electron chi connectivity index (χ1n) is 9.09. The molecule has 2 heterocycles. The summed E-state index contributed by atoms with van der Waals surface area (Å²) >= 11 is 7.88. The molecule has 0 amide bonds. The summed E-state index contributed by atoms with van der Waals surface area (Å²) in [6.45, 7) is 0.488. The van der Waals surface area contributed by atoms with Gasteiger partial charge in [0.1, 0.15) is 30.7 Å². The largest absolute Gasteiger partial charge is 0.486 e. The smallest absolute Gasteiger partial charge is 0.324 e. The molecule has 0 aliphatic carbocycles. The van der Waals surface area contributed by atoms with Gasteiger partial charge in [0, 0.05) is 23.3 Å². The van der Waals surface area contributed by atoms with Gasteiger partial charge >= 0.3 is 5.97 Å². The van der Waals surface area contributed by atoms with Crippen molar-refractivity contribution in [3.8, 4) is 17.0 Å². The zero-order chi connectivity index (χ0) is 20.1. The highest BCUT2D eigenvalue weighted by atomic mass is 35.5. The van der Waals surface area contributed by atoms with Crippen LogP contribution in [0.4, 0.5) is 0 Å². The second-order valence-corrected chi connectivity index (χ2v) is 7.91. The Morgan fingerprint density at radius 1 is 1.21 bits per heavy atom. The summed E-state index contributed by atoms with van der Waals surface area (Å²) in [5.74, 6) is 2.61. The summed E-state index contributed by atoms with van der Waals surface area (Å²) in [6.07, 6.45) is 0. The number of carbonyl (C=O) groups excluding carboxylic acids is 1. The van der Waals surface area contributed by atoms with Gasteiger partial charge in [-0.1, -0.05) is 47.1 Å². The van der Waals surface area contributed by atoms with Gasteiger partial charge in [-0.3, -0.25) is 10.1 Å². The van der Waals surface area contributed by atoms with Crippen molar-refractivity contribution in [2.45, 2.75) is 19.3 Å². The number of nitrogens with one attached hydrogen (secondary N) is 1. The number of halogens is 1. The van der Waals surface area contributed by atoms with Crippen molar-refractivity contribution in [3.63, 3.8) is 0 Å². The number of aromatic nitrogens is 1. The Hall–Kier alpha value is -2.48. The fourth-order valence-electron chi connectivity index (χ4n) is 2.81. The van der Waals surface area contributed by atoms with Crippen LogP contribution >= 0.6 is 23.4 Å². The number of hydrogen-bond donors (Lipinski definition) is 1. The quantitative estimate of drug-likeness (QED) is 0.561. The summed E-state index contributed by atoms with van der Waals surface area (Å²) in [6, 6.07) is 16.5. The molecule has 1 N–H and O–H groups in total. The Kier molecular flexibility index (Phi) is 6.39. The van der Waals surface area contributed by atoms with Crippen molar-refractivity contribution in [3.05, 3.63) is 70.9 Å². The van der Waals surface area contributed by atoms with E-state index in [1.165, 1.54) is 0 Å². The molecule has 6 nitrogen and oxygen atoms in total. The van der Waals surface area contributed by atoms with Crippen molar-refractivity contribution in [1.29, 1.82) is 0 Å². The van der Waals surface area contributed by atoms with E-state index in [-0.39, 0.29) is 25.2 Å². The predicted octanol–water partition coefficient (Wildman–Crippen LogP) is 4.28. The van der Waals surface area contributed by atoms with Gasteiger partial charge < -0.3 is 14.0 Å². The Bertz CT molecular complexity index is 971. The molecule has 0 bridgehead atoms. The third kappa shape index (κ3) is 5.12. The van der Waals surface area contributed by atoms with E-state index in [0.29, 0.717) is 22.2 Å². The second kappa shape index (κ2) is 9.35. The van der Waals surface area contributed by atoms with E-state index in [0.717, 1.165) is 22.8 Å². The molecular formula is C21H19ClN2O4S. The molecule has 0 spiro atoms. The minimum atomic E-state index is -0.213. The topological polar surface area (TPSA) is 73.6 Å². The van der Waals surface area contributed by atoms with Gasteiger partial charge in [0.05, 0.1) is 5.02 Å². The number of rotatable bonds is 7. The van der Waals surface area contributed by atoms with E-state index in [1.807, 2.05) is 54.6 Å². The molecule has 1 saturated heterocycles. The highest BCUT2D eigenvalue weighted by Gasteiger charge is 2.23. The monoisotopic (exact) mass is 430 g/mol. The lowest BCUT2D eigenvalue weighted by Crippen LogP contribution is -2.34. The Balaban J connectivity index is 1.28. The molecule has 1 aliphatic heterocycles. The zero-order valence-corrected chi connectivity index (χ0v) is 17.0. The number of thioether (sulfide) groups is 1. The number of ether oxygens (including phenoxy) is 2. The molecule has 1 atom stereocenters. The lowest BCUT2D eigenvalue weighted by molar-refractivity contribution is -0.146. The third-order valence-electron chi connectivity index (χ3n) is 4.40. The first-order chi connectivity index (χ1) is 14.2. The molecule has 0 saturated carbocycles. The van der Waals surface area contributed by atoms with Crippen LogP contribution in [-0.2, 0) is 22.7 Å². The van der Waals surface area contributed by atoms with Crippen LogP contribution < -0.4 is 10.1 Å². The molecule has 29 heavy (non-hydrogen) atoms. The number of hydrogen-bond acceptors (Lipinski definition) is 7. The maximum absolute atomic E-state index is 11.9. The average molecular weight is 431 g/mol. The van der Waals surface area contributed by atoms with Crippen LogP contribution in [0.1, 0.15) is 11.3 Å². The first kappa shape index (κ1) is 19.8. The molecule has 150 valence electrons. The molecule has 3 aromatic rings. The van der Waals surface area contributed by atoms with Crippen LogP contribution in [0, 0.1) is 0 Å². The summed E-state index contributed by atoms with van der Waals surface area (Å²) in [5, 5.41) is 7.77. The fraction of sp³-hybridized carbons (Fsp3) is 0.238. The summed E-state index contributed by atoms with van der Waals surface area (Å²) in [4.78, 5) is 11.9. The lowest BCUT2D eigenvalue weighted by atomic mass is 10.1. The van der Waals surface area contributed by atoms with Gasteiger partial charge in [-0.2, -0.15) is 0 Å². The maximum Gasteiger partial charge on any atom is 0.324 e. The Morgan fingerprint density at radius 2 is 2.03 bits per heavy atom. The molecule has 0 radical (unpaired) electrons. The van der Waals surface area contributed by atoms with E-state index < -0.39 is 0 Å². The molecule has 8 heteroatoms. The molecule has 1 unspecified atom stereocenters. The lowest BCUT2D eigenvalue weighted by Gasteiger charge is -2.10. The van der Waals surface area contributed by atoms with E-state index in [2.05, 4.69) is 10.5 Å². The molecule has 1 fully saturated rings. The van der Waals surface area contributed by atoms with E-state index in [9.17, 15) is 4.79 Å². The number of benzene rings is 2. The summed E-state index contributed by atoms with van der Waals surface area (Å²) in [5.41, 5.74) is 2.38. The second-order valence-electron chi connectivity index (χ2n) is 6.47. The molecule has 1 aromatic heterocycles. The van der Waals surface area contributed by atoms with Gasteiger partial charge in [-0.05, 0) is 23.8 Å². The standard InChI is InChI=1S/C21H19ClN2O4S/c22-18-4-2-1-3-17(18)19-9-16(28-24-19)11-26-15-7-5-14(6-8-15)10-27-21(25)20-12-29-13-23-20/h1-9,20,23H,10-13H2. The Labute approximate surface area is 177 Å². The normalized spacial score (nSPS) is 16.0. The highest BCUT2D eigenvalue weighted by Crippen LogP contribution is 2.27. The Morgan fingerprint density at radius 3 is 2.79 bits per heavy atom. The van der Waals surface area contributed by atoms with Crippen LogP contribution in [0.25, 0.3) is 11.3 Å². The van der Waals surface area contributed by atoms with Gasteiger partial charge in [0.2, 0.25) is 0 Å². The average Bonchev–Trinajstić information content (AvgIpc) is 3.44. The van der Waals surface area contributed by atoms with Crippen molar-refractivity contribution >= 4 is 29.3 Å². The molecule has 1 aliphatic rings. The number of nitrogens with zero attached hydrogens (tertiary/aromatic N) is 1. The highest BCUT2D eigenvalue weighted by molar-refractivity contribution is 7.99. The number of esters is 1. The van der Waals surface area contributed by atoms with Crippen molar-refractivity contribution in [2.24, 2.45) is 0 Å². The summed E-state index contributed by atoms with van der Waals surface area (Å²) in [7, 11) is 0. The van der Waals surface area contributed by atoms with E-state index in [4.69, 9.17) is 25.6 Å². The number of carbonyl (C=O) groups is 1. The van der Waals surface area contributed by atoms with Crippen LogP contribution in [0.2, 0.25) is 5.02 Å². The van der Waals surface area contributed by atoms with Crippen molar-refractivity contribution in [2.75, 3.05) is 11.6 Å². The van der Waals surface area contributed by atoms with Crippen molar-refractivity contribution in [1.82, 2.24) is 10.5 Å². The SMILES string of the molecule is O=C(OCc1ccc(OCc2cc(-c3ccccc3Cl)no2)cc1)C1CSCN1. The van der Waals surface area contributed by atoms with Crippen LogP contribution in [0.5, 0.6) is 5.75 Å². The van der Waals surface area contributed by atoms with Gasteiger partial charge in [-0.15, -0.1) is 11.8 Å².